The number of hydrogen-bond acceptors (Lipinski definition) is 7. The van der Waals surface area contributed by atoms with Gasteiger partial charge in [-0.2, -0.15) is 0 Å². The summed E-state index contributed by atoms with van der Waals surface area (Å²) >= 11 is 0. The van der Waals surface area contributed by atoms with E-state index in [0.29, 0.717) is 6.54 Å². The standard InChI is InChI=1S/C22H32N6O/c1-14-15(2)26-20(16(3)25-14)13-23-18-10-22(4,5)11-19-17(18)12-24-21(27-19)28-6-8-29-9-7-28/h12,18,23H,6-11,13H2,1-5H3. The molecule has 2 aromatic rings. The minimum Gasteiger partial charge on any atom is -0.378 e. The minimum atomic E-state index is 0.186. The Morgan fingerprint density at radius 2 is 1.79 bits per heavy atom. The molecular formula is C22H32N6O. The Kier molecular flexibility index (Phi) is 5.53. The number of ether oxygens (including phenoxy) is 1. The molecule has 4 rings (SSSR count). The van der Waals surface area contributed by atoms with Gasteiger partial charge in [0.05, 0.1) is 41.7 Å². The highest BCUT2D eigenvalue weighted by Crippen LogP contribution is 2.40. The summed E-state index contributed by atoms with van der Waals surface area (Å²) in [7, 11) is 0. The van der Waals surface area contributed by atoms with Gasteiger partial charge in [-0.25, -0.2) is 9.97 Å². The van der Waals surface area contributed by atoms with Crippen LogP contribution < -0.4 is 10.2 Å². The second kappa shape index (κ2) is 7.95. The van der Waals surface area contributed by atoms with Crippen LogP contribution in [-0.4, -0.2) is 46.2 Å². The van der Waals surface area contributed by atoms with E-state index in [-0.39, 0.29) is 11.5 Å². The van der Waals surface area contributed by atoms with Crippen molar-refractivity contribution in [2.45, 2.75) is 60.0 Å². The second-order valence-electron chi connectivity index (χ2n) is 9.08. The second-order valence-corrected chi connectivity index (χ2v) is 9.08. The van der Waals surface area contributed by atoms with E-state index in [9.17, 15) is 0 Å². The molecule has 0 radical (unpaired) electrons. The Labute approximate surface area is 173 Å². The van der Waals surface area contributed by atoms with Gasteiger partial charge in [0, 0.05) is 37.4 Å². The minimum absolute atomic E-state index is 0.186. The van der Waals surface area contributed by atoms with Crippen molar-refractivity contribution in [3.05, 3.63) is 40.2 Å². The predicted octanol–water partition coefficient (Wildman–Crippen LogP) is 2.83. The third kappa shape index (κ3) is 4.41. The quantitative estimate of drug-likeness (QED) is 0.851. The number of rotatable bonds is 4. The zero-order chi connectivity index (χ0) is 20.6. The number of nitrogens with one attached hydrogen (secondary N) is 1. The first-order valence-electron chi connectivity index (χ1n) is 10.5. The van der Waals surface area contributed by atoms with Gasteiger partial charge in [0.2, 0.25) is 5.95 Å². The molecule has 29 heavy (non-hydrogen) atoms. The van der Waals surface area contributed by atoms with E-state index in [1.54, 1.807) is 0 Å². The van der Waals surface area contributed by atoms with Crippen LogP contribution in [0.3, 0.4) is 0 Å². The molecule has 1 atom stereocenters. The lowest BCUT2D eigenvalue weighted by atomic mass is 9.74. The molecule has 2 aromatic heterocycles. The Balaban J connectivity index is 1.56. The topological polar surface area (TPSA) is 76.1 Å². The lowest BCUT2D eigenvalue weighted by Crippen LogP contribution is -2.39. The van der Waals surface area contributed by atoms with E-state index in [0.717, 1.165) is 73.6 Å². The Hall–Kier alpha value is -2.12. The molecule has 1 aliphatic carbocycles. The number of anilines is 1. The van der Waals surface area contributed by atoms with E-state index in [1.807, 2.05) is 27.0 Å². The third-order valence-electron chi connectivity index (χ3n) is 6.05. The van der Waals surface area contributed by atoms with Gasteiger partial charge in [-0.3, -0.25) is 9.97 Å². The summed E-state index contributed by atoms with van der Waals surface area (Å²) in [5, 5.41) is 3.72. The van der Waals surface area contributed by atoms with Gasteiger partial charge in [0.25, 0.3) is 0 Å². The van der Waals surface area contributed by atoms with Gasteiger partial charge in [0.15, 0.2) is 0 Å². The van der Waals surface area contributed by atoms with E-state index >= 15 is 0 Å². The lowest BCUT2D eigenvalue weighted by molar-refractivity contribution is 0.122. The average Bonchev–Trinajstić information content (AvgIpc) is 2.69. The molecule has 0 saturated carbocycles. The van der Waals surface area contributed by atoms with Gasteiger partial charge >= 0.3 is 0 Å². The maximum Gasteiger partial charge on any atom is 0.225 e. The Bertz CT molecular complexity index is 891. The molecule has 1 N–H and O–H groups in total. The van der Waals surface area contributed by atoms with Crippen molar-refractivity contribution in [3.8, 4) is 0 Å². The first-order valence-corrected chi connectivity index (χ1v) is 10.5. The van der Waals surface area contributed by atoms with Crippen molar-refractivity contribution in [2.75, 3.05) is 31.2 Å². The van der Waals surface area contributed by atoms with Gasteiger partial charge < -0.3 is 15.0 Å². The van der Waals surface area contributed by atoms with E-state index in [4.69, 9.17) is 19.7 Å². The van der Waals surface area contributed by atoms with Crippen LogP contribution in [0.5, 0.6) is 0 Å². The molecule has 7 nitrogen and oxygen atoms in total. The first kappa shape index (κ1) is 20.2. The molecule has 1 saturated heterocycles. The monoisotopic (exact) mass is 396 g/mol. The molecule has 156 valence electrons. The molecule has 1 unspecified atom stereocenters. The molecule has 0 aromatic carbocycles. The van der Waals surface area contributed by atoms with Crippen LogP contribution in [-0.2, 0) is 17.7 Å². The highest BCUT2D eigenvalue weighted by atomic mass is 16.5. The lowest BCUT2D eigenvalue weighted by Gasteiger charge is -2.37. The van der Waals surface area contributed by atoms with Crippen LogP contribution in [0, 0.1) is 26.2 Å². The first-order chi connectivity index (χ1) is 13.8. The maximum absolute atomic E-state index is 5.47. The van der Waals surface area contributed by atoms with E-state index in [2.05, 4.69) is 29.0 Å². The number of aryl methyl sites for hydroxylation is 3. The van der Waals surface area contributed by atoms with Crippen LogP contribution in [0.4, 0.5) is 5.95 Å². The highest BCUT2D eigenvalue weighted by molar-refractivity contribution is 5.37. The summed E-state index contributed by atoms with van der Waals surface area (Å²) in [4.78, 5) is 21.3. The number of morpholine rings is 1. The zero-order valence-electron chi connectivity index (χ0n) is 18.2. The van der Waals surface area contributed by atoms with Crippen molar-refractivity contribution >= 4 is 5.95 Å². The summed E-state index contributed by atoms with van der Waals surface area (Å²) < 4.78 is 5.47. The Morgan fingerprint density at radius 3 is 2.55 bits per heavy atom. The average molecular weight is 397 g/mol. The van der Waals surface area contributed by atoms with Crippen molar-refractivity contribution in [3.63, 3.8) is 0 Å². The number of aromatic nitrogens is 4. The number of nitrogens with zero attached hydrogens (tertiary/aromatic N) is 5. The summed E-state index contributed by atoms with van der Waals surface area (Å²) in [5.74, 6) is 0.833. The van der Waals surface area contributed by atoms with Crippen LogP contribution in [0.25, 0.3) is 0 Å². The van der Waals surface area contributed by atoms with Crippen molar-refractivity contribution < 1.29 is 4.74 Å². The smallest absolute Gasteiger partial charge is 0.225 e. The predicted molar refractivity (Wildman–Crippen MR) is 113 cm³/mol. The highest BCUT2D eigenvalue weighted by Gasteiger charge is 2.34. The molecule has 0 amide bonds. The summed E-state index contributed by atoms with van der Waals surface area (Å²) in [6.45, 7) is 14.6. The zero-order valence-corrected chi connectivity index (χ0v) is 18.2. The number of fused-ring (bicyclic) bond motifs is 1. The van der Waals surface area contributed by atoms with Crippen molar-refractivity contribution in [1.29, 1.82) is 0 Å². The molecule has 2 aliphatic rings. The maximum atomic E-state index is 5.47. The molecule has 1 aliphatic heterocycles. The van der Waals surface area contributed by atoms with Crippen LogP contribution >= 0.6 is 0 Å². The van der Waals surface area contributed by atoms with Crippen molar-refractivity contribution in [2.24, 2.45) is 5.41 Å². The normalized spacial score (nSPS) is 21.1. The molecular weight excluding hydrogens is 364 g/mol. The van der Waals surface area contributed by atoms with Crippen LogP contribution in [0.1, 0.15) is 60.3 Å². The summed E-state index contributed by atoms with van der Waals surface area (Å²) in [5.41, 5.74) is 6.58. The van der Waals surface area contributed by atoms with Crippen molar-refractivity contribution in [1.82, 2.24) is 25.3 Å². The fourth-order valence-electron chi connectivity index (χ4n) is 4.28. The van der Waals surface area contributed by atoms with Gasteiger partial charge in [-0.05, 0) is 39.0 Å². The van der Waals surface area contributed by atoms with Crippen LogP contribution in [0.2, 0.25) is 0 Å². The summed E-state index contributed by atoms with van der Waals surface area (Å²) in [6.07, 6.45) is 4.05. The van der Waals surface area contributed by atoms with Gasteiger partial charge in [0.1, 0.15) is 0 Å². The molecule has 7 heteroatoms. The van der Waals surface area contributed by atoms with E-state index in [1.165, 1.54) is 5.56 Å². The number of hydrogen-bond donors (Lipinski definition) is 1. The van der Waals surface area contributed by atoms with Gasteiger partial charge in [-0.15, -0.1) is 0 Å². The summed E-state index contributed by atoms with van der Waals surface area (Å²) in [6, 6.07) is 0.218. The van der Waals surface area contributed by atoms with Gasteiger partial charge in [-0.1, -0.05) is 13.8 Å². The molecule has 3 heterocycles. The molecule has 1 fully saturated rings. The Morgan fingerprint density at radius 1 is 1.07 bits per heavy atom. The fourth-order valence-corrected chi connectivity index (χ4v) is 4.28. The molecule has 0 bridgehead atoms. The SMILES string of the molecule is Cc1nc(C)c(CNC2CC(C)(C)Cc3nc(N4CCOCC4)ncc32)nc1C. The largest absolute Gasteiger partial charge is 0.378 e. The third-order valence-corrected chi connectivity index (χ3v) is 6.05. The fraction of sp³-hybridized carbons (Fsp3) is 0.636. The van der Waals surface area contributed by atoms with Crippen LogP contribution in [0.15, 0.2) is 6.20 Å². The molecule has 0 spiro atoms. The van der Waals surface area contributed by atoms with E-state index < -0.39 is 0 Å².